The Morgan fingerprint density at radius 1 is 1.50 bits per heavy atom. The quantitative estimate of drug-likeness (QED) is 0.483. The van der Waals surface area contributed by atoms with Crippen molar-refractivity contribution in [3.63, 3.8) is 0 Å². The first kappa shape index (κ1) is 10.1. The molecule has 0 aliphatic carbocycles. The second kappa shape index (κ2) is 3.63. The lowest BCUT2D eigenvalue weighted by Crippen LogP contribution is -2.05. The van der Waals surface area contributed by atoms with Crippen molar-refractivity contribution in [3.8, 4) is 0 Å². The molecule has 0 bridgehead atoms. The Morgan fingerprint density at radius 2 is 2.21 bits per heavy atom. The third-order valence-electron chi connectivity index (χ3n) is 2.17. The predicted octanol–water partition coefficient (Wildman–Crippen LogP) is 2.80. The number of anilines is 1. The van der Waals surface area contributed by atoms with Gasteiger partial charge in [0, 0.05) is 3.57 Å². The van der Waals surface area contributed by atoms with Gasteiger partial charge in [-0.1, -0.05) is 11.3 Å². The fraction of sp³-hybridized carbons (Fsp3) is 0.222. The molecule has 0 unspecified atom stereocenters. The Kier molecular flexibility index (Phi) is 2.63. The maximum absolute atomic E-state index is 5.35. The van der Waals surface area contributed by atoms with Gasteiger partial charge < -0.3 is 0 Å². The van der Waals surface area contributed by atoms with E-state index in [0.29, 0.717) is 0 Å². The number of halogens is 1. The summed E-state index contributed by atoms with van der Waals surface area (Å²) in [6.45, 7) is 4.19. The molecule has 74 valence electrons. The van der Waals surface area contributed by atoms with Crippen molar-refractivity contribution >= 4 is 49.3 Å². The summed E-state index contributed by atoms with van der Waals surface area (Å²) >= 11 is 3.95. The zero-order chi connectivity index (χ0) is 10.3. The molecule has 3 N–H and O–H groups in total. The van der Waals surface area contributed by atoms with E-state index in [9.17, 15) is 0 Å². The lowest BCUT2D eigenvalue weighted by Gasteiger charge is -2.01. The van der Waals surface area contributed by atoms with Gasteiger partial charge in [0.05, 0.1) is 10.2 Å². The summed E-state index contributed by atoms with van der Waals surface area (Å²) in [7, 11) is 0. The van der Waals surface area contributed by atoms with Gasteiger partial charge in [-0.3, -0.25) is 5.43 Å². The van der Waals surface area contributed by atoms with Gasteiger partial charge in [0.1, 0.15) is 0 Å². The molecule has 0 atom stereocenters. The number of fused-ring (bicyclic) bond motifs is 1. The normalized spacial score (nSPS) is 10.9. The fourth-order valence-electron chi connectivity index (χ4n) is 1.38. The maximum Gasteiger partial charge on any atom is 0.198 e. The number of aromatic nitrogens is 1. The number of aryl methyl sites for hydroxylation is 2. The second-order valence-corrected chi connectivity index (χ2v) is 5.30. The highest BCUT2D eigenvalue weighted by Gasteiger charge is 2.10. The number of hydrazine groups is 1. The smallest absolute Gasteiger partial charge is 0.198 e. The van der Waals surface area contributed by atoms with E-state index in [-0.39, 0.29) is 0 Å². The fourth-order valence-corrected chi connectivity index (χ4v) is 3.25. The van der Waals surface area contributed by atoms with Crippen LogP contribution in [0.2, 0.25) is 0 Å². The van der Waals surface area contributed by atoms with E-state index < -0.39 is 0 Å². The van der Waals surface area contributed by atoms with Crippen molar-refractivity contribution in [1.29, 1.82) is 0 Å². The lowest BCUT2D eigenvalue weighted by molar-refractivity contribution is 1.30. The molecule has 0 aliphatic heterocycles. The molecule has 0 saturated carbocycles. The first-order valence-electron chi connectivity index (χ1n) is 4.16. The van der Waals surface area contributed by atoms with Crippen molar-refractivity contribution in [3.05, 3.63) is 20.8 Å². The van der Waals surface area contributed by atoms with Gasteiger partial charge in [-0.15, -0.1) is 0 Å². The van der Waals surface area contributed by atoms with Crippen LogP contribution in [0, 0.1) is 17.4 Å². The van der Waals surface area contributed by atoms with Crippen LogP contribution in [-0.4, -0.2) is 4.98 Å². The van der Waals surface area contributed by atoms with Gasteiger partial charge in [-0.25, -0.2) is 10.8 Å². The Balaban J connectivity index is 2.84. The number of nitrogens with one attached hydrogen (secondary N) is 1. The first-order chi connectivity index (χ1) is 6.63. The molecular weight excluding hydrogens is 309 g/mol. The Hall–Kier alpha value is -0.400. The van der Waals surface area contributed by atoms with Gasteiger partial charge >= 0.3 is 0 Å². The van der Waals surface area contributed by atoms with Crippen molar-refractivity contribution in [2.75, 3.05) is 5.43 Å². The molecule has 0 amide bonds. The zero-order valence-corrected chi connectivity index (χ0v) is 10.9. The van der Waals surface area contributed by atoms with Crippen LogP contribution in [0.25, 0.3) is 10.2 Å². The van der Waals surface area contributed by atoms with E-state index in [4.69, 9.17) is 5.84 Å². The Morgan fingerprint density at radius 3 is 2.86 bits per heavy atom. The summed E-state index contributed by atoms with van der Waals surface area (Å²) in [6.07, 6.45) is 0. The van der Waals surface area contributed by atoms with Crippen molar-refractivity contribution in [2.24, 2.45) is 5.84 Å². The van der Waals surface area contributed by atoms with Crippen LogP contribution in [0.5, 0.6) is 0 Å². The molecule has 0 radical (unpaired) electrons. The monoisotopic (exact) mass is 319 g/mol. The molecule has 0 fully saturated rings. The third-order valence-corrected chi connectivity index (χ3v) is 4.39. The molecule has 2 aromatic rings. The van der Waals surface area contributed by atoms with Gasteiger partial charge in [-0.2, -0.15) is 0 Å². The molecule has 0 aliphatic rings. The zero-order valence-electron chi connectivity index (χ0n) is 7.89. The minimum atomic E-state index is 0.771. The summed E-state index contributed by atoms with van der Waals surface area (Å²) in [4.78, 5) is 4.41. The molecule has 1 aromatic carbocycles. The summed E-state index contributed by atoms with van der Waals surface area (Å²) < 4.78 is 2.50. The topological polar surface area (TPSA) is 50.9 Å². The van der Waals surface area contributed by atoms with Gasteiger partial charge in [-0.05, 0) is 53.6 Å². The van der Waals surface area contributed by atoms with Crippen LogP contribution in [0.1, 0.15) is 11.1 Å². The van der Waals surface area contributed by atoms with Gasteiger partial charge in [0.15, 0.2) is 5.13 Å². The summed E-state index contributed by atoms with van der Waals surface area (Å²) in [5.41, 5.74) is 6.14. The average molecular weight is 319 g/mol. The minimum Gasteiger partial charge on any atom is -0.300 e. The number of benzene rings is 1. The van der Waals surface area contributed by atoms with E-state index >= 15 is 0 Å². The van der Waals surface area contributed by atoms with Gasteiger partial charge in [0.25, 0.3) is 0 Å². The SMILES string of the molecule is Cc1cc(I)c(C)c2sc(NN)nc12. The number of thiazole rings is 1. The van der Waals surface area contributed by atoms with Crippen molar-refractivity contribution < 1.29 is 0 Å². The van der Waals surface area contributed by atoms with Crippen LogP contribution >= 0.6 is 33.9 Å². The first-order valence-corrected chi connectivity index (χ1v) is 6.06. The maximum atomic E-state index is 5.35. The molecule has 0 saturated heterocycles. The van der Waals surface area contributed by atoms with E-state index in [0.717, 1.165) is 10.6 Å². The number of nitrogens with zero attached hydrogens (tertiary/aromatic N) is 1. The highest BCUT2D eigenvalue weighted by atomic mass is 127. The minimum absolute atomic E-state index is 0.771. The third kappa shape index (κ3) is 1.49. The molecule has 3 nitrogen and oxygen atoms in total. The highest BCUT2D eigenvalue weighted by Crippen LogP contribution is 2.32. The Bertz CT molecular complexity index is 492. The van der Waals surface area contributed by atoms with Crippen LogP contribution in [0.3, 0.4) is 0 Å². The average Bonchev–Trinajstić information content (AvgIpc) is 2.58. The van der Waals surface area contributed by atoms with E-state index in [1.807, 2.05) is 0 Å². The van der Waals surface area contributed by atoms with Crippen LogP contribution in [0.15, 0.2) is 6.07 Å². The number of hydrogen-bond donors (Lipinski definition) is 2. The molecule has 0 spiro atoms. The predicted molar refractivity (Wildman–Crippen MR) is 69.6 cm³/mol. The van der Waals surface area contributed by atoms with E-state index in [1.165, 1.54) is 19.4 Å². The largest absolute Gasteiger partial charge is 0.300 e. The summed E-state index contributed by atoms with van der Waals surface area (Å²) in [6, 6.07) is 2.15. The van der Waals surface area contributed by atoms with E-state index in [2.05, 4.69) is 52.9 Å². The molecular formula is C9H10IN3S. The van der Waals surface area contributed by atoms with Crippen molar-refractivity contribution in [1.82, 2.24) is 4.98 Å². The molecule has 5 heteroatoms. The summed E-state index contributed by atoms with van der Waals surface area (Å²) in [5, 5.41) is 0.771. The summed E-state index contributed by atoms with van der Waals surface area (Å²) in [5.74, 6) is 5.35. The second-order valence-electron chi connectivity index (χ2n) is 3.14. The molecule has 14 heavy (non-hydrogen) atoms. The number of nitrogen functional groups attached to an aromatic ring is 1. The number of rotatable bonds is 1. The highest BCUT2D eigenvalue weighted by molar-refractivity contribution is 14.1. The Labute approximate surface area is 99.8 Å². The molecule has 1 heterocycles. The van der Waals surface area contributed by atoms with Gasteiger partial charge in [0.2, 0.25) is 0 Å². The van der Waals surface area contributed by atoms with Crippen molar-refractivity contribution in [2.45, 2.75) is 13.8 Å². The number of nitrogens with two attached hydrogens (primary N) is 1. The standard InChI is InChI=1S/C9H10IN3S/c1-4-3-6(10)5(2)8-7(4)12-9(13-11)14-8/h3H,11H2,1-2H3,(H,12,13). The molecule has 2 rings (SSSR count). The van der Waals surface area contributed by atoms with Crippen LogP contribution in [-0.2, 0) is 0 Å². The van der Waals surface area contributed by atoms with Crippen LogP contribution < -0.4 is 11.3 Å². The molecule has 1 aromatic heterocycles. The van der Waals surface area contributed by atoms with Crippen LogP contribution in [0.4, 0.5) is 5.13 Å². The number of hydrogen-bond acceptors (Lipinski definition) is 4. The van der Waals surface area contributed by atoms with E-state index in [1.54, 1.807) is 11.3 Å². The lowest BCUT2D eigenvalue weighted by atomic mass is 10.1.